The van der Waals surface area contributed by atoms with Gasteiger partial charge in [-0.15, -0.1) is 0 Å². The predicted octanol–water partition coefficient (Wildman–Crippen LogP) is 1.49. The van der Waals surface area contributed by atoms with Crippen molar-refractivity contribution in [3.05, 3.63) is 0 Å². The van der Waals surface area contributed by atoms with Crippen molar-refractivity contribution in [2.75, 3.05) is 19.1 Å². The van der Waals surface area contributed by atoms with Gasteiger partial charge in [0.15, 0.2) is 6.16 Å². The average Bonchev–Trinajstić information content (AvgIpc) is 2.21. The highest BCUT2D eigenvalue weighted by molar-refractivity contribution is 7.44. The molecule has 15 heavy (non-hydrogen) atoms. The molecule has 0 aromatic heterocycles. The maximum absolute atomic E-state index is 11.4. The Kier molecular flexibility index (Phi) is 7.09. The van der Waals surface area contributed by atoms with Crippen LogP contribution in [0.4, 0.5) is 0 Å². The SMILES string of the molecule is CCOC[P+](=O)CC(CC)C(=O)C(=O)O. The molecule has 1 N–H and O–H groups in total. The lowest BCUT2D eigenvalue weighted by atomic mass is 10.0. The first-order chi connectivity index (χ1) is 7.02. The molecule has 86 valence electrons. The van der Waals surface area contributed by atoms with E-state index in [1.807, 2.05) is 0 Å². The number of hydrogen-bond donors (Lipinski definition) is 1. The van der Waals surface area contributed by atoms with Gasteiger partial charge in [-0.3, -0.25) is 4.79 Å². The number of Topliss-reactive ketones (excluding diaryl/α,β-unsaturated/α-hetero) is 1. The minimum absolute atomic E-state index is 0.0925. The number of rotatable bonds is 8. The third kappa shape index (κ3) is 5.60. The monoisotopic (exact) mass is 235 g/mol. The van der Waals surface area contributed by atoms with E-state index < -0.39 is 25.5 Å². The fourth-order valence-electron chi connectivity index (χ4n) is 1.06. The minimum atomic E-state index is -1.65. The van der Waals surface area contributed by atoms with Crippen molar-refractivity contribution in [3.63, 3.8) is 0 Å². The minimum Gasteiger partial charge on any atom is -0.475 e. The Balaban J connectivity index is 4.15. The summed E-state index contributed by atoms with van der Waals surface area (Å²) in [4.78, 5) is 21.5. The third-order valence-corrected chi connectivity index (χ3v) is 3.26. The van der Waals surface area contributed by atoms with Gasteiger partial charge < -0.3 is 9.84 Å². The largest absolute Gasteiger partial charge is 0.475 e. The van der Waals surface area contributed by atoms with Crippen molar-refractivity contribution in [1.29, 1.82) is 0 Å². The first kappa shape index (κ1) is 14.2. The number of ketones is 1. The molecule has 0 amide bonds. The highest BCUT2D eigenvalue weighted by Crippen LogP contribution is 2.26. The molecule has 0 aliphatic rings. The number of carbonyl (C=O) groups is 2. The second-order valence-corrected chi connectivity index (χ2v) is 4.65. The standard InChI is InChI=1S/C9H15O5P/c1-3-7(8(10)9(11)12)5-15(13)6-14-4-2/h7H,3-6H2,1-2H3/p+1. The normalized spacial score (nSPS) is 13.3. The fourth-order valence-corrected chi connectivity index (χ4v) is 2.47. The first-order valence-electron chi connectivity index (χ1n) is 4.79. The summed E-state index contributed by atoms with van der Waals surface area (Å²) in [5.41, 5.74) is 0. The number of ether oxygens (including phenoxy) is 1. The van der Waals surface area contributed by atoms with Gasteiger partial charge in [0.25, 0.3) is 0 Å². The van der Waals surface area contributed by atoms with Crippen molar-refractivity contribution in [2.24, 2.45) is 5.92 Å². The van der Waals surface area contributed by atoms with Crippen LogP contribution < -0.4 is 0 Å². The van der Waals surface area contributed by atoms with E-state index in [-0.39, 0.29) is 12.5 Å². The Hall–Kier alpha value is -0.800. The highest BCUT2D eigenvalue weighted by atomic mass is 31.1. The van der Waals surface area contributed by atoms with Crippen LogP contribution in [0.15, 0.2) is 0 Å². The van der Waals surface area contributed by atoms with E-state index in [9.17, 15) is 14.2 Å². The van der Waals surface area contributed by atoms with E-state index in [2.05, 4.69) is 0 Å². The molecule has 0 saturated carbocycles. The third-order valence-electron chi connectivity index (χ3n) is 1.94. The molecule has 0 saturated heterocycles. The maximum atomic E-state index is 11.4. The van der Waals surface area contributed by atoms with Crippen molar-refractivity contribution in [1.82, 2.24) is 0 Å². The van der Waals surface area contributed by atoms with Crippen molar-refractivity contribution < 1.29 is 24.0 Å². The Morgan fingerprint density at radius 3 is 2.40 bits per heavy atom. The second kappa shape index (κ2) is 7.49. The summed E-state index contributed by atoms with van der Waals surface area (Å²) in [7, 11) is -1.65. The molecule has 0 aliphatic carbocycles. The molecule has 0 aromatic carbocycles. The summed E-state index contributed by atoms with van der Waals surface area (Å²) in [5, 5.41) is 8.50. The van der Waals surface area contributed by atoms with Crippen LogP contribution in [-0.2, 0) is 18.9 Å². The topological polar surface area (TPSA) is 80.7 Å². The molecule has 0 aromatic rings. The first-order valence-corrected chi connectivity index (χ1v) is 6.42. The zero-order chi connectivity index (χ0) is 11.8. The Morgan fingerprint density at radius 1 is 1.40 bits per heavy atom. The summed E-state index contributed by atoms with van der Waals surface area (Å²) in [6.45, 7) is 3.95. The van der Waals surface area contributed by atoms with Crippen LogP contribution in [0.1, 0.15) is 20.3 Å². The molecule has 5 nitrogen and oxygen atoms in total. The molecule has 2 unspecified atom stereocenters. The zero-order valence-corrected chi connectivity index (χ0v) is 9.83. The Morgan fingerprint density at radius 2 is 2.00 bits per heavy atom. The average molecular weight is 235 g/mol. The van der Waals surface area contributed by atoms with Gasteiger partial charge in [0, 0.05) is 6.61 Å². The molecule has 2 atom stereocenters. The van der Waals surface area contributed by atoms with Gasteiger partial charge in [-0.2, -0.15) is 0 Å². The molecular weight excluding hydrogens is 219 g/mol. The number of carboxylic acids is 1. The van der Waals surface area contributed by atoms with E-state index in [1.165, 1.54) is 0 Å². The lowest BCUT2D eigenvalue weighted by molar-refractivity contribution is -0.150. The summed E-state index contributed by atoms with van der Waals surface area (Å²) in [6.07, 6.45) is 0.574. The van der Waals surface area contributed by atoms with Crippen LogP contribution in [0.25, 0.3) is 0 Å². The van der Waals surface area contributed by atoms with E-state index in [1.54, 1.807) is 13.8 Å². The van der Waals surface area contributed by atoms with Gasteiger partial charge in [0.1, 0.15) is 0 Å². The zero-order valence-electron chi connectivity index (χ0n) is 8.93. The van der Waals surface area contributed by atoms with Gasteiger partial charge >= 0.3 is 13.8 Å². The van der Waals surface area contributed by atoms with Crippen molar-refractivity contribution >= 4 is 19.6 Å². The number of hydrogen-bond acceptors (Lipinski definition) is 4. The summed E-state index contributed by atoms with van der Waals surface area (Å²) in [6, 6.07) is 0. The molecule has 0 heterocycles. The number of carbonyl (C=O) groups excluding carboxylic acids is 1. The Bertz CT molecular complexity index is 251. The van der Waals surface area contributed by atoms with Gasteiger partial charge in [-0.05, 0) is 13.3 Å². The van der Waals surface area contributed by atoms with E-state index in [0.29, 0.717) is 13.0 Å². The summed E-state index contributed by atoms with van der Waals surface area (Å²) < 4.78 is 16.3. The molecule has 0 aliphatic heterocycles. The maximum Gasteiger partial charge on any atom is 0.372 e. The fraction of sp³-hybridized carbons (Fsp3) is 0.778. The molecule has 0 fully saturated rings. The van der Waals surface area contributed by atoms with Gasteiger partial charge in [0.05, 0.1) is 5.92 Å². The smallest absolute Gasteiger partial charge is 0.372 e. The lowest BCUT2D eigenvalue weighted by Gasteiger charge is -2.03. The molecule has 6 heteroatoms. The Labute approximate surface area is 89.6 Å². The van der Waals surface area contributed by atoms with Crippen LogP contribution in [-0.4, -0.2) is 36.0 Å². The molecule has 0 spiro atoms. The van der Waals surface area contributed by atoms with Crippen LogP contribution in [0.2, 0.25) is 0 Å². The van der Waals surface area contributed by atoms with Crippen LogP contribution in [0.5, 0.6) is 0 Å². The molecular formula is C9H16O5P+. The summed E-state index contributed by atoms with van der Waals surface area (Å²) >= 11 is 0. The summed E-state index contributed by atoms with van der Waals surface area (Å²) in [5.74, 6) is -2.98. The quantitative estimate of drug-likeness (QED) is 0.509. The van der Waals surface area contributed by atoms with Crippen LogP contribution in [0, 0.1) is 5.92 Å². The van der Waals surface area contributed by atoms with Crippen LogP contribution >= 0.6 is 7.80 Å². The van der Waals surface area contributed by atoms with E-state index in [0.717, 1.165) is 0 Å². The number of aliphatic carboxylic acids is 1. The van der Waals surface area contributed by atoms with Gasteiger partial charge in [0.2, 0.25) is 12.1 Å². The van der Waals surface area contributed by atoms with Gasteiger partial charge in [-0.25, -0.2) is 4.79 Å². The number of carboxylic acid groups (broad SMARTS) is 1. The highest BCUT2D eigenvalue weighted by Gasteiger charge is 2.31. The van der Waals surface area contributed by atoms with E-state index >= 15 is 0 Å². The second-order valence-electron chi connectivity index (χ2n) is 3.06. The molecule has 0 rings (SSSR count). The van der Waals surface area contributed by atoms with Gasteiger partial charge in [-0.1, -0.05) is 11.5 Å². The molecule has 0 bridgehead atoms. The predicted molar refractivity (Wildman–Crippen MR) is 55.4 cm³/mol. The van der Waals surface area contributed by atoms with Crippen molar-refractivity contribution in [2.45, 2.75) is 20.3 Å². The van der Waals surface area contributed by atoms with Crippen molar-refractivity contribution in [3.8, 4) is 0 Å². The van der Waals surface area contributed by atoms with Crippen LogP contribution in [0.3, 0.4) is 0 Å². The molecule has 0 radical (unpaired) electrons. The van der Waals surface area contributed by atoms with E-state index in [4.69, 9.17) is 9.84 Å². The lowest BCUT2D eigenvalue weighted by Crippen LogP contribution is -2.24.